The molecule has 0 spiro atoms. The van der Waals surface area contributed by atoms with Crippen molar-refractivity contribution < 1.29 is 9.32 Å². The molecule has 1 aliphatic rings. The van der Waals surface area contributed by atoms with Gasteiger partial charge >= 0.3 is 0 Å². The highest BCUT2D eigenvalue weighted by atomic mass is 35.5. The number of rotatable bonds is 4. The van der Waals surface area contributed by atoms with Crippen molar-refractivity contribution in [2.45, 2.75) is 19.4 Å². The van der Waals surface area contributed by atoms with E-state index < -0.39 is 0 Å². The van der Waals surface area contributed by atoms with Gasteiger partial charge in [-0.2, -0.15) is 4.98 Å². The highest BCUT2D eigenvalue weighted by Gasteiger charge is 2.20. The van der Waals surface area contributed by atoms with Crippen LogP contribution in [-0.2, 0) is 11.3 Å². The Morgan fingerprint density at radius 1 is 1.33 bits per heavy atom. The fourth-order valence-corrected chi connectivity index (χ4v) is 2.73. The summed E-state index contributed by atoms with van der Waals surface area (Å²) in [5, 5.41) is 4.61. The summed E-state index contributed by atoms with van der Waals surface area (Å²) in [5.41, 5.74) is 0.748. The fourth-order valence-electron chi connectivity index (χ4n) is 2.51. The molecular formula is C15H16ClN3O2. The van der Waals surface area contributed by atoms with Crippen molar-refractivity contribution in [3.8, 4) is 11.5 Å². The molecule has 1 fully saturated rings. The van der Waals surface area contributed by atoms with Gasteiger partial charge in [-0.15, -0.1) is 0 Å². The Morgan fingerprint density at radius 3 is 2.81 bits per heavy atom. The van der Waals surface area contributed by atoms with Crippen LogP contribution in [0.3, 0.4) is 0 Å². The molecular weight excluding hydrogens is 290 g/mol. The van der Waals surface area contributed by atoms with Crippen LogP contribution in [0.2, 0.25) is 5.02 Å². The van der Waals surface area contributed by atoms with E-state index >= 15 is 0 Å². The summed E-state index contributed by atoms with van der Waals surface area (Å²) < 4.78 is 5.29. The van der Waals surface area contributed by atoms with Crippen LogP contribution in [0, 0.1) is 5.92 Å². The van der Waals surface area contributed by atoms with Crippen LogP contribution >= 0.6 is 11.6 Å². The van der Waals surface area contributed by atoms with E-state index in [-0.39, 0.29) is 5.92 Å². The molecule has 6 heteroatoms. The molecule has 1 aliphatic heterocycles. The molecule has 1 aromatic heterocycles. The molecule has 0 radical (unpaired) electrons. The summed E-state index contributed by atoms with van der Waals surface area (Å²) in [6.45, 7) is 2.41. The minimum Gasteiger partial charge on any atom is -0.334 e. The Balaban J connectivity index is 1.66. The monoisotopic (exact) mass is 305 g/mol. The maximum Gasteiger partial charge on any atom is 0.259 e. The van der Waals surface area contributed by atoms with Gasteiger partial charge < -0.3 is 9.32 Å². The molecule has 0 N–H and O–H groups in total. The number of carbonyl (C=O) groups excluding carboxylic acids is 1. The van der Waals surface area contributed by atoms with Gasteiger partial charge in [-0.1, -0.05) is 28.9 Å². The fraction of sp³-hybridized carbons (Fsp3) is 0.400. The average Bonchev–Trinajstić information content (AvgIpc) is 2.97. The van der Waals surface area contributed by atoms with Crippen molar-refractivity contribution in [2.75, 3.05) is 13.1 Å². The predicted molar refractivity (Wildman–Crippen MR) is 78.8 cm³/mol. The second kappa shape index (κ2) is 6.37. The normalized spacial score (nSPS) is 17.0. The largest absolute Gasteiger partial charge is 0.334 e. The number of likely N-dealkylation sites (tertiary alicyclic amines) is 1. The van der Waals surface area contributed by atoms with Gasteiger partial charge in [0, 0.05) is 5.92 Å². The Hall–Kier alpha value is -1.72. The first-order valence-electron chi connectivity index (χ1n) is 7.01. The number of hydrogen-bond acceptors (Lipinski definition) is 5. The molecule has 2 aromatic rings. The van der Waals surface area contributed by atoms with Crippen LogP contribution in [0.15, 0.2) is 28.8 Å². The van der Waals surface area contributed by atoms with E-state index in [1.54, 1.807) is 6.07 Å². The van der Waals surface area contributed by atoms with E-state index in [1.807, 2.05) is 18.2 Å². The summed E-state index contributed by atoms with van der Waals surface area (Å²) in [6.07, 6.45) is 2.86. The predicted octanol–water partition coefficient (Wildman–Crippen LogP) is 2.80. The van der Waals surface area contributed by atoms with Crippen LogP contribution in [0.4, 0.5) is 0 Å². The van der Waals surface area contributed by atoms with Crippen molar-refractivity contribution in [3.05, 3.63) is 35.1 Å². The number of aromatic nitrogens is 2. The number of benzene rings is 1. The standard InChI is InChI=1S/C15H16ClN3O2/c16-13-4-2-1-3-12(13)15-17-14(18-21-15)9-19-7-5-11(10-20)6-8-19/h1-4,10-11H,5-9H2. The Bertz CT molecular complexity index is 621. The first-order chi connectivity index (χ1) is 10.3. The Morgan fingerprint density at radius 2 is 2.10 bits per heavy atom. The van der Waals surface area contributed by atoms with E-state index in [0.29, 0.717) is 23.3 Å². The Kier molecular flexibility index (Phi) is 4.31. The zero-order valence-electron chi connectivity index (χ0n) is 11.5. The van der Waals surface area contributed by atoms with Gasteiger partial charge in [-0.25, -0.2) is 0 Å². The lowest BCUT2D eigenvalue weighted by Gasteiger charge is -2.28. The van der Waals surface area contributed by atoms with Gasteiger partial charge in [0.2, 0.25) is 0 Å². The third-order valence-electron chi connectivity index (χ3n) is 3.76. The highest BCUT2D eigenvalue weighted by Crippen LogP contribution is 2.26. The number of nitrogens with zero attached hydrogens (tertiary/aromatic N) is 3. The van der Waals surface area contributed by atoms with Gasteiger partial charge in [0.05, 0.1) is 17.1 Å². The number of aldehydes is 1. The van der Waals surface area contributed by atoms with Gasteiger partial charge in [0.25, 0.3) is 5.89 Å². The number of piperidine rings is 1. The second-order valence-electron chi connectivity index (χ2n) is 5.25. The van der Waals surface area contributed by atoms with Crippen LogP contribution in [0.25, 0.3) is 11.5 Å². The molecule has 5 nitrogen and oxygen atoms in total. The van der Waals surface area contributed by atoms with Crippen LogP contribution < -0.4 is 0 Å². The van der Waals surface area contributed by atoms with E-state index in [4.69, 9.17) is 16.1 Å². The van der Waals surface area contributed by atoms with Gasteiger partial charge in [-0.05, 0) is 38.1 Å². The van der Waals surface area contributed by atoms with Gasteiger partial charge in [0.1, 0.15) is 6.29 Å². The quantitative estimate of drug-likeness (QED) is 0.813. The molecule has 1 saturated heterocycles. The molecule has 0 bridgehead atoms. The summed E-state index contributed by atoms with van der Waals surface area (Å²) >= 11 is 6.12. The van der Waals surface area contributed by atoms with Crippen LogP contribution in [0.5, 0.6) is 0 Å². The van der Waals surface area contributed by atoms with E-state index in [0.717, 1.165) is 37.8 Å². The highest BCUT2D eigenvalue weighted by molar-refractivity contribution is 6.33. The van der Waals surface area contributed by atoms with Crippen molar-refractivity contribution in [1.29, 1.82) is 0 Å². The Labute approximate surface area is 127 Å². The van der Waals surface area contributed by atoms with Gasteiger partial charge in [0.15, 0.2) is 5.82 Å². The first-order valence-corrected chi connectivity index (χ1v) is 7.39. The molecule has 21 heavy (non-hydrogen) atoms. The van der Waals surface area contributed by atoms with Crippen LogP contribution in [0.1, 0.15) is 18.7 Å². The van der Waals surface area contributed by atoms with E-state index in [2.05, 4.69) is 15.0 Å². The maximum absolute atomic E-state index is 10.7. The molecule has 0 saturated carbocycles. The molecule has 2 heterocycles. The summed E-state index contributed by atoms with van der Waals surface area (Å²) in [4.78, 5) is 17.4. The molecule has 0 aliphatic carbocycles. The average molecular weight is 306 g/mol. The first kappa shape index (κ1) is 14.2. The zero-order valence-corrected chi connectivity index (χ0v) is 12.3. The smallest absolute Gasteiger partial charge is 0.259 e. The van der Waals surface area contributed by atoms with Gasteiger partial charge in [-0.3, -0.25) is 4.90 Å². The lowest BCUT2D eigenvalue weighted by atomic mass is 9.99. The number of halogens is 1. The SMILES string of the molecule is O=CC1CCN(Cc2noc(-c3ccccc3Cl)n2)CC1. The van der Waals surface area contributed by atoms with Crippen molar-refractivity contribution in [2.24, 2.45) is 5.92 Å². The topological polar surface area (TPSA) is 59.2 Å². The minimum absolute atomic E-state index is 0.199. The summed E-state index contributed by atoms with van der Waals surface area (Å²) in [5.74, 6) is 1.29. The molecule has 110 valence electrons. The molecule has 0 unspecified atom stereocenters. The molecule has 0 atom stereocenters. The zero-order chi connectivity index (χ0) is 14.7. The second-order valence-corrected chi connectivity index (χ2v) is 5.65. The molecule has 1 aromatic carbocycles. The van der Waals surface area contributed by atoms with Crippen molar-refractivity contribution >= 4 is 17.9 Å². The third-order valence-corrected chi connectivity index (χ3v) is 4.09. The van der Waals surface area contributed by atoms with E-state index in [9.17, 15) is 4.79 Å². The van der Waals surface area contributed by atoms with Crippen molar-refractivity contribution in [3.63, 3.8) is 0 Å². The molecule has 0 amide bonds. The van der Waals surface area contributed by atoms with Crippen molar-refractivity contribution in [1.82, 2.24) is 15.0 Å². The molecule has 3 rings (SSSR count). The van der Waals surface area contributed by atoms with Crippen LogP contribution in [-0.4, -0.2) is 34.4 Å². The summed E-state index contributed by atoms with van der Waals surface area (Å²) in [6, 6.07) is 7.40. The summed E-state index contributed by atoms with van der Waals surface area (Å²) in [7, 11) is 0. The third kappa shape index (κ3) is 3.31. The number of carbonyl (C=O) groups is 1. The maximum atomic E-state index is 10.7. The van der Waals surface area contributed by atoms with E-state index in [1.165, 1.54) is 0 Å². The number of hydrogen-bond donors (Lipinski definition) is 0. The lowest BCUT2D eigenvalue weighted by molar-refractivity contribution is -0.112. The minimum atomic E-state index is 0.199. The lowest BCUT2D eigenvalue weighted by Crippen LogP contribution is -2.33.